The lowest BCUT2D eigenvalue weighted by Crippen LogP contribution is -2.22. The van der Waals surface area contributed by atoms with E-state index in [-0.39, 0.29) is 17.3 Å². The summed E-state index contributed by atoms with van der Waals surface area (Å²) in [6.45, 7) is 5.86. The number of rotatable bonds is 1. The van der Waals surface area contributed by atoms with Crippen LogP contribution in [0.25, 0.3) is 0 Å². The van der Waals surface area contributed by atoms with Crippen molar-refractivity contribution in [2.45, 2.75) is 32.8 Å². The van der Waals surface area contributed by atoms with Crippen LogP contribution in [0.3, 0.4) is 0 Å². The van der Waals surface area contributed by atoms with Gasteiger partial charge in [-0.25, -0.2) is 0 Å². The van der Waals surface area contributed by atoms with Crippen LogP contribution >= 0.6 is 0 Å². The van der Waals surface area contributed by atoms with Crippen LogP contribution in [0.15, 0.2) is 47.2 Å². The van der Waals surface area contributed by atoms with Crippen LogP contribution < -0.4 is 0 Å². The fourth-order valence-corrected chi connectivity index (χ4v) is 2.98. The van der Waals surface area contributed by atoms with E-state index in [0.29, 0.717) is 23.1 Å². The minimum absolute atomic E-state index is 0.0823. The summed E-state index contributed by atoms with van der Waals surface area (Å²) >= 11 is 0. The quantitative estimate of drug-likeness (QED) is 0.732. The third-order valence-electron chi connectivity index (χ3n) is 3.63. The molecule has 0 fully saturated rings. The van der Waals surface area contributed by atoms with Gasteiger partial charge in [0, 0.05) is 17.5 Å². The Morgan fingerprint density at radius 2 is 1.75 bits per heavy atom. The maximum Gasteiger partial charge on any atom is 0.228 e. The number of ether oxygens (including phenoxy) is 1. The van der Waals surface area contributed by atoms with Crippen molar-refractivity contribution < 1.29 is 14.3 Å². The zero-order valence-electron chi connectivity index (χ0n) is 11.8. The van der Waals surface area contributed by atoms with Gasteiger partial charge < -0.3 is 4.74 Å². The molecule has 0 radical (unpaired) electrons. The number of fused-ring (bicyclic) bond motifs is 1. The number of allylic oxidation sites excluding steroid dienone is 2. The van der Waals surface area contributed by atoms with Gasteiger partial charge in [0.1, 0.15) is 5.60 Å². The van der Waals surface area contributed by atoms with Crippen molar-refractivity contribution in [3.05, 3.63) is 58.4 Å². The van der Waals surface area contributed by atoms with Crippen molar-refractivity contribution in [2.75, 3.05) is 0 Å². The Morgan fingerprint density at radius 1 is 1.15 bits per heavy atom. The average molecular weight is 268 g/mol. The highest BCUT2D eigenvalue weighted by Crippen LogP contribution is 2.41. The Labute approximate surface area is 117 Å². The van der Waals surface area contributed by atoms with Crippen molar-refractivity contribution in [3.8, 4) is 0 Å². The average Bonchev–Trinajstić information content (AvgIpc) is 2.73. The van der Waals surface area contributed by atoms with Crippen LogP contribution in [0.4, 0.5) is 0 Å². The maximum absolute atomic E-state index is 12.5. The monoisotopic (exact) mass is 268 g/mol. The zero-order valence-corrected chi connectivity index (χ0v) is 11.8. The molecule has 0 spiro atoms. The Morgan fingerprint density at radius 3 is 2.35 bits per heavy atom. The number of hydrogen-bond acceptors (Lipinski definition) is 3. The van der Waals surface area contributed by atoms with E-state index in [2.05, 4.69) is 0 Å². The third-order valence-corrected chi connectivity index (χ3v) is 3.63. The molecule has 0 N–H and O–H groups in total. The lowest BCUT2D eigenvalue weighted by Gasteiger charge is -2.21. The van der Waals surface area contributed by atoms with Crippen LogP contribution in [0, 0.1) is 0 Å². The van der Waals surface area contributed by atoms with E-state index >= 15 is 0 Å². The predicted molar refractivity (Wildman–Crippen MR) is 75.7 cm³/mol. The van der Waals surface area contributed by atoms with Crippen molar-refractivity contribution in [1.29, 1.82) is 0 Å². The lowest BCUT2D eigenvalue weighted by molar-refractivity contribution is 0.0667. The minimum atomic E-state index is -0.600. The Hall–Kier alpha value is -2.16. The minimum Gasteiger partial charge on any atom is -0.479 e. The fourth-order valence-electron chi connectivity index (χ4n) is 2.98. The third kappa shape index (κ3) is 1.82. The summed E-state index contributed by atoms with van der Waals surface area (Å²) in [6, 6.07) is 6.93. The molecule has 0 saturated heterocycles. The summed E-state index contributed by atoms with van der Waals surface area (Å²) < 4.78 is 5.84. The first-order valence-corrected chi connectivity index (χ1v) is 6.68. The smallest absolute Gasteiger partial charge is 0.228 e. The van der Waals surface area contributed by atoms with E-state index in [1.54, 1.807) is 24.3 Å². The largest absolute Gasteiger partial charge is 0.479 e. The summed E-state index contributed by atoms with van der Waals surface area (Å²) in [7, 11) is 0. The van der Waals surface area contributed by atoms with Crippen LogP contribution in [0.2, 0.25) is 0 Å². The number of Topliss-reactive ketones (excluding diaryl/α,β-unsaturated/α-hetero) is 2. The first-order valence-electron chi connectivity index (χ1n) is 6.68. The molecule has 1 aliphatic heterocycles. The molecule has 0 amide bonds. The SMILES string of the molecule is CC(C)=CC1(C)CC2=C(O1)C(=O)c1ccccc1C2=O. The molecule has 3 rings (SSSR count). The molecule has 1 atom stereocenters. The van der Waals surface area contributed by atoms with Crippen LogP contribution in [0.5, 0.6) is 0 Å². The topological polar surface area (TPSA) is 43.4 Å². The van der Waals surface area contributed by atoms with E-state index < -0.39 is 5.60 Å². The second-order valence-corrected chi connectivity index (χ2v) is 5.82. The number of carbonyl (C=O) groups excluding carboxylic acids is 2. The summed E-state index contributed by atoms with van der Waals surface area (Å²) in [4.78, 5) is 25.0. The van der Waals surface area contributed by atoms with Crippen LogP contribution in [-0.4, -0.2) is 17.2 Å². The van der Waals surface area contributed by atoms with Crippen molar-refractivity contribution in [3.63, 3.8) is 0 Å². The molecule has 3 nitrogen and oxygen atoms in total. The molecule has 0 bridgehead atoms. The molecule has 1 unspecified atom stereocenters. The summed E-state index contributed by atoms with van der Waals surface area (Å²) in [6.07, 6.45) is 2.42. The molecule has 102 valence electrons. The molecular weight excluding hydrogens is 252 g/mol. The Bertz CT molecular complexity index is 641. The van der Waals surface area contributed by atoms with Crippen LogP contribution in [0.1, 0.15) is 47.9 Å². The van der Waals surface area contributed by atoms with Crippen molar-refractivity contribution >= 4 is 11.6 Å². The Kier molecular flexibility index (Phi) is 2.68. The zero-order chi connectivity index (χ0) is 14.5. The highest BCUT2D eigenvalue weighted by Gasteiger charge is 2.44. The molecule has 1 heterocycles. The van der Waals surface area contributed by atoms with Gasteiger partial charge in [0.2, 0.25) is 5.78 Å². The first-order chi connectivity index (χ1) is 9.41. The van der Waals surface area contributed by atoms with Gasteiger partial charge in [-0.2, -0.15) is 0 Å². The number of benzene rings is 1. The molecular formula is C17H16O3. The maximum atomic E-state index is 12.5. The van der Waals surface area contributed by atoms with E-state index in [0.717, 1.165) is 5.57 Å². The molecule has 20 heavy (non-hydrogen) atoms. The molecule has 2 aliphatic rings. The normalized spacial score (nSPS) is 24.1. The van der Waals surface area contributed by atoms with E-state index in [1.165, 1.54) is 0 Å². The van der Waals surface area contributed by atoms with Gasteiger partial charge in [0.05, 0.1) is 5.57 Å². The van der Waals surface area contributed by atoms with Gasteiger partial charge in [-0.05, 0) is 26.8 Å². The lowest BCUT2D eigenvalue weighted by atomic mass is 9.85. The molecule has 1 aromatic rings. The molecule has 1 aromatic carbocycles. The van der Waals surface area contributed by atoms with Crippen LogP contribution in [-0.2, 0) is 4.74 Å². The summed E-state index contributed by atoms with van der Waals surface area (Å²) in [5, 5.41) is 0. The van der Waals surface area contributed by atoms with Crippen molar-refractivity contribution in [1.82, 2.24) is 0 Å². The molecule has 0 saturated carbocycles. The van der Waals surface area contributed by atoms with E-state index in [1.807, 2.05) is 26.8 Å². The highest BCUT2D eigenvalue weighted by molar-refractivity contribution is 6.26. The van der Waals surface area contributed by atoms with E-state index in [4.69, 9.17) is 4.74 Å². The van der Waals surface area contributed by atoms with Gasteiger partial charge >= 0.3 is 0 Å². The van der Waals surface area contributed by atoms with Gasteiger partial charge in [-0.1, -0.05) is 29.8 Å². The fraction of sp³-hybridized carbons (Fsp3) is 0.294. The predicted octanol–water partition coefficient (Wildman–Crippen LogP) is 3.46. The standard InChI is InChI=1S/C17H16O3/c1-10(2)8-17(3)9-13-14(18)11-6-4-5-7-12(11)15(19)16(13)20-17/h4-8H,9H2,1-3H3. The van der Waals surface area contributed by atoms with Gasteiger partial charge in [0.15, 0.2) is 11.5 Å². The van der Waals surface area contributed by atoms with Gasteiger partial charge in [-0.3, -0.25) is 9.59 Å². The molecule has 3 heteroatoms. The molecule has 1 aliphatic carbocycles. The van der Waals surface area contributed by atoms with Gasteiger partial charge in [-0.15, -0.1) is 0 Å². The second-order valence-electron chi connectivity index (χ2n) is 5.82. The number of ketones is 2. The highest BCUT2D eigenvalue weighted by atomic mass is 16.5. The first kappa shape index (κ1) is 12.9. The summed E-state index contributed by atoms with van der Waals surface area (Å²) in [5.74, 6) is -0.0316. The number of hydrogen-bond donors (Lipinski definition) is 0. The van der Waals surface area contributed by atoms with Gasteiger partial charge in [0.25, 0.3) is 0 Å². The number of carbonyl (C=O) groups is 2. The van der Waals surface area contributed by atoms with E-state index in [9.17, 15) is 9.59 Å². The molecule has 0 aromatic heterocycles. The Balaban J connectivity index is 2.07. The summed E-state index contributed by atoms with van der Waals surface area (Å²) in [5.41, 5.74) is 1.94. The van der Waals surface area contributed by atoms with Crippen molar-refractivity contribution in [2.24, 2.45) is 0 Å². The second kappa shape index (κ2) is 4.17.